The van der Waals surface area contributed by atoms with E-state index in [-0.39, 0.29) is 5.41 Å². The molecule has 7 aromatic carbocycles. The first-order chi connectivity index (χ1) is 21.6. The minimum Gasteiger partial charge on any atom is -0.455 e. The van der Waals surface area contributed by atoms with E-state index in [0.717, 1.165) is 16.9 Å². The molecule has 0 bridgehead atoms. The third-order valence-electron chi connectivity index (χ3n) is 9.67. The molecule has 1 aliphatic carbocycles. The summed E-state index contributed by atoms with van der Waals surface area (Å²) in [7, 11) is 0. The average Bonchev–Trinajstić information content (AvgIpc) is 3.58. The molecule has 0 saturated carbocycles. The lowest BCUT2D eigenvalue weighted by molar-refractivity contribution is 0.620. The van der Waals surface area contributed by atoms with Crippen molar-refractivity contribution in [2.75, 3.05) is 0 Å². The summed E-state index contributed by atoms with van der Waals surface area (Å²) < 4.78 is 6.93. The molecule has 0 amide bonds. The maximum atomic E-state index is 6.93. The third kappa shape index (κ3) is 3.47. The lowest BCUT2D eigenvalue weighted by atomic mass is 9.81. The van der Waals surface area contributed by atoms with Crippen molar-refractivity contribution in [3.05, 3.63) is 157 Å². The van der Waals surface area contributed by atoms with Gasteiger partial charge in [-0.1, -0.05) is 159 Å². The van der Waals surface area contributed by atoms with Crippen LogP contribution in [0.3, 0.4) is 0 Å². The van der Waals surface area contributed by atoms with Gasteiger partial charge in [0.25, 0.3) is 0 Å². The van der Waals surface area contributed by atoms with Gasteiger partial charge in [-0.2, -0.15) is 0 Å². The van der Waals surface area contributed by atoms with Crippen LogP contribution in [0.25, 0.3) is 77.2 Å². The molecule has 1 heterocycles. The number of para-hydroxylation sites is 1. The highest BCUT2D eigenvalue weighted by atomic mass is 16.3. The van der Waals surface area contributed by atoms with Crippen LogP contribution in [0.5, 0.6) is 0 Å². The van der Waals surface area contributed by atoms with Gasteiger partial charge in [0.15, 0.2) is 0 Å². The summed E-state index contributed by atoms with van der Waals surface area (Å²) in [6, 6.07) is 52.7. The SMILES string of the molecule is CC1(C)c2ccccc2-c2oc3c(-c4c5ccccc5c(-c5ccc(-c6ccccc6)cc5)c5ccccc45)cccc3c21. The monoisotopic (exact) mass is 562 g/mol. The normalized spacial score (nSPS) is 13.4. The number of hydrogen-bond donors (Lipinski definition) is 0. The second-order valence-corrected chi connectivity index (χ2v) is 12.4. The lowest BCUT2D eigenvalue weighted by Crippen LogP contribution is -2.14. The molecule has 1 nitrogen and oxygen atoms in total. The molecule has 1 heteroatoms. The van der Waals surface area contributed by atoms with Crippen LogP contribution >= 0.6 is 0 Å². The van der Waals surface area contributed by atoms with Gasteiger partial charge in [-0.3, -0.25) is 0 Å². The predicted octanol–water partition coefficient (Wildman–Crippen LogP) is 12.0. The van der Waals surface area contributed by atoms with Crippen LogP contribution in [-0.4, -0.2) is 0 Å². The summed E-state index contributed by atoms with van der Waals surface area (Å²) in [5, 5.41) is 6.16. The molecule has 44 heavy (non-hydrogen) atoms. The highest BCUT2D eigenvalue weighted by Crippen LogP contribution is 2.55. The summed E-state index contributed by atoms with van der Waals surface area (Å²) in [5.74, 6) is 1.01. The second kappa shape index (κ2) is 9.30. The predicted molar refractivity (Wildman–Crippen MR) is 185 cm³/mol. The van der Waals surface area contributed by atoms with E-state index in [0.29, 0.717) is 0 Å². The van der Waals surface area contributed by atoms with E-state index in [1.807, 2.05) is 0 Å². The smallest absolute Gasteiger partial charge is 0.143 e. The fourth-order valence-electron chi connectivity index (χ4n) is 7.68. The van der Waals surface area contributed by atoms with Crippen LogP contribution in [-0.2, 0) is 5.41 Å². The lowest BCUT2D eigenvalue weighted by Gasteiger charge is -2.21. The molecule has 0 aliphatic heterocycles. The maximum Gasteiger partial charge on any atom is 0.143 e. The third-order valence-corrected chi connectivity index (χ3v) is 9.67. The highest BCUT2D eigenvalue weighted by Gasteiger charge is 2.40. The van der Waals surface area contributed by atoms with Crippen molar-refractivity contribution in [3.63, 3.8) is 0 Å². The molecule has 8 aromatic rings. The Kier molecular flexibility index (Phi) is 5.31. The zero-order valence-electron chi connectivity index (χ0n) is 24.8. The van der Waals surface area contributed by atoms with E-state index in [2.05, 4.69) is 159 Å². The molecule has 0 atom stereocenters. The molecule has 1 aliphatic rings. The van der Waals surface area contributed by atoms with E-state index < -0.39 is 0 Å². The van der Waals surface area contributed by atoms with Gasteiger partial charge in [0, 0.05) is 33.1 Å². The molecular weight excluding hydrogens is 532 g/mol. The number of hydrogen-bond acceptors (Lipinski definition) is 1. The van der Waals surface area contributed by atoms with Crippen LogP contribution in [0.4, 0.5) is 0 Å². The zero-order valence-corrected chi connectivity index (χ0v) is 24.8. The Hall–Kier alpha value is -5.40. The van der Waals surface area contributed by atoms with E-state index in [1.54, 1.807) is 0 Å². The van der Waals surface area contributed by atoms with Crippen LogP contribution < -0.4 is 0 Å². The standard InChI is InChI=1S/C43H30O/c1-43(2)37-22-11-10-19-34(37)42-40(43)36-21-12-20-35(41(36)44-42)39-32-17-8-6-15-30(32)38(31-16-7-9-18-33(31)39)29-25-23-28(24-26-29)27-13-4-3-5-14-27/h3-26H,1-2H3. The van der Waals surface area contributed by atoms with E-state index in [1.165, 1.54) is 71.4 Å². The van der Waals surface area contributed by atoms with Gasteiger partial charge in [-0.15, -0.1) is 0 Å². The minimum absolute atomic E-state index is 0.129. The number of furan rings is 1. The molecule has 0 saturated heterocycles. The molecule has 1 aromatic heterocycles. The molecular formula is C43H30O. The van der Waals surface area contributed by atoms with Crippen LogP contribution in [0, 0.1) is 0 Å². The summed E-state index contributed by atoms with van der Waals surface area (Å²) in [4.78, 5) is 0. The molecule has 0 unspecified atom stereocenters. The van der Waals surface area contributed by atoms with Crippen molar-refractivity contribution in [2.24, 2.45) is 0 Å². The molecule has 0 fully saturated rings. The molecule has 9 rings (SSSR count). The minimum atomic E-state index is -0.129. The quantitative estimate of drug-likeness (QED) is 0.195. The summed E-state index contributed by atoms with van der Waals surface area (Å²) in [6.45, 7) is 4.64. The van der Waals surface area contributed by atoms with Gasteiger partial charge in [-0.05, 0) is 49.4 Å². The van der Waals surface area contributed by atoms with E-state index in [4.69, 9.17) is 4.42 Å². The van der Waals surface area contributed by atoms with Gasteiger partial charge in [-0.25, -0.2) is 0 Å². The van der Waals surface area contributed by atoms with Crippen molar-refractivity contribution in [1.82, 2.24) is 0 Å². The molecule has 208 valence electrons. The van der Waals surface area contributed by atoms with Crippen molar-refractivity contribution >= 4 is 32.5 Å². The Bertz CT molecular complexity index is 2330. The topological polar surface area (TPSA) is 13.1 Å². The van der Waals surface area contributed by atoms with Gasteiger partial charge in [0.1, 0.15) is 11.3 Å². The second-order valence-electron chi connectivity index (χ2n) is 12.4. The average molecular weight is 563 g/mol. The first kappa shape index (κ1) is 25.1. The number of benzene rings is 7. The Balaban J connectivity index is 1.32. The Morgan fingerprint density at radius 1 is 0.409 bits per heavy atom. The van der Waals surface area contributed by atoms with Gasteiger partial charge in [0.05, 0.1) is 0 Å². The Morgan fingerprint density at radius 2 is 0.909 bits per heavy atom. The zero-order chi connectivity index (χ0) is 29.4. The van der Waals surface area contributed by atoms with E-state index >= 15 is 0 Å². The summed E-state index contributed by atoms with van der Waals surface area (Å²) >= 11 is 0. The molecule has 0 radical (unpaired) electrons. The fourth-order valence-corrected chi connectivity index (χ4v) is 7.68. The molecule has 0 spiro atoms. The van der Waals surface area contributed by atoms with Gasteiger partial charge in [0.2, 0.25) is 0 Å². The van der Waals surface area contributed by atoms with Gasteiger partial charge < -0.3 is 4.42 Å². The van der Waals surface area contributed by atoms with Crippen molar-refractivity contribution in [3.8, 4) is 44.7 Å². The van der Waals surface area contributed by atoms with Crippen molar-refractivity contribution in [1.29, 1.82) is 0 Å². The first-order valence-corrected chi connectivity index (χ1v) is 15.4. The first-order valence-electron chi connectivity index (χ1n) is 15.4. The van der Waals surface area contributed by atoms with Crippen molar-refractivity contribution in [2.45, 2.75) is 19.3 Å². The van der Waals surface area contributed by atoms with Crippen molar-refractivity contribution < 1.29 is 4.42 Å². The van der Waals surface area contributed by atoms with Crippen LogP contribution in [0.2, 0.25) is 0 Å². The van der Waals surface area contributed by atoms with Crippen LogP contribution in [0.1, 0.15) is 25.0 Å². The number of rotatable bonds is 3. The fraction of sp³-hybridized carbons (Fsp3) is 0.0698. The largest absolute Gasteiger partial charge is 0.455 e. The summed E-state index contributed by atoms with van der Waals surface area (Å²) in [6.07, 6.45) is 0. The Labute approximate surface area is 257 Å². The van der Waals surface area contributed by atoms with Gasteiger partial charge >= 0.3 is 0 Å². The Morgan fingerprint density at radius 3 is 1.59 bits per heavy atom. The summed E-state index contributed by atoms with van der Waals surface area (Å²) in [5.41, 5.74) is 12.0. The highest BCUT2D eigenvalue weighted by molar-refractivity contribution is 6.23. The maximum absolute atomic E-state index is 6.93. The molecule has 0 N–H and O–H groups in total. The number of fused-ring (bicyclic) bond motifs is 7. The van der Waals surface area contributed by atoms with Crippen LogP contribution in [0.15, 0.2) is 150 Å². The van der Waals surface area contributed by atoms with E-state index in [9.17, 15) is 0 Å².